The van der Waals surface area contributed by atoms with Crippen LogP contribution >= 0.6 is 0 Å². The van der Waals surface area contributed by atoms with E-state index in [9.17, 15) is 9.00 Å². The summed E-state index contributed by atoms with van der Waals surface area (Å²) in [5, 5.41) is 7.88. The summed E-state index contributed by atoms with van der Waals surface area (Å²) in [5.74, 6) is -0.168. The summed E-state index contributed by atoms with van der Waals surface area (Å²) in [4.78, 5) is 17.6. The van der Waals surface area contributed by atoms with Crippen molar-refractivity contribution in [3.05, 3.63) is 47.7 Å². The first kappa shape index (κ1) is 17.9. The smallest absolute Gasteiger partial charge is 0.259 e. The van der Waals surface area contributed by atoms with Gasteiger partial charge in [0.2, 0.25) is 0 Å². The second-order valence-electron chi connectivity index (χ2n) is 6.97. The Morgan fingerprint density at radius 1 is 1.26 bits per heavy atom. The number of aryl methyl sites for hydroxylation is 1. The SMILES string of the molecule is Cc1noc2nc(-c3ccccc3)cc(C(=O)NC3CCC(S(C)=O)C3)c12. The fourth-order valence-corrected chi connectivity index (χ4v) is 4.64. The van der Waals surface area contributed by atoms with E-state index in [-0.39, 0.29) is 17.2 Å². The summed E-state index contributed by atoms with van der Waals surface area (Å²) in [6, 6.07) is 11.5. The molecule has 7 heteroatoms. The number of rotatable bonds is 4. The zero-order chi connectivity index (χ0) is 19.0. The molecular weight excluding hydrogens is 362 g/mol. The lowest BCUT2D eigenvalue weighted by molar-refractivity contribution is 0.0939. The van der Waals surface area contributed by atoms with E-state index in [0.717, 1.165) is 24.8 Å². The molecule has 2 aromatic heterocycles. The number of amides is 1. The lowest BCUT2D eigenvalue weighted by atomic mass is 10.0. The van der Waals surface area contributed by atoms with Gasteiger partial charge in [0.15, 0.2) is 0 Å². The fraction of sp³-hybridized carbons (Fsp3) is 0.350. The minimum absolute atomic E-state index is 0.0370. The van der Waals surface area contributed by atoms with Crippen molar-refractivity contribution in [2.75, 3.05) is 6.26 Å². The topological polar surface area (TPSA) is 85.1 Å². The Kier molecular flexibility index (Phi) is 4.78. The van der Waals surface area contributed by atoms with Crippen LogP contribution in [0.1, 0.15) is 35.3 Å². The Hall–Kier alpha value is -2.54. The summed E-state index contributed by atoms with van der Waals surface area (Å²) in [7, 11) is -0.855. The first-order chi connectivity index (χ1) is 13.0. The average molecular weight is 383 g/mol. The van der Waals surface area contributed by atoms with E-state index in [4.69, 9.17) is 4.52 Å². The van der Waals surface area contributed by atoms with E-state index < -0.39 is 10.8 Å². The number of carbonyl (C=O) groups excluding carboxylic acids is 1. The van der Waals surface area contributed by atoms with Gasteiger partial charge >= 0.3 is 0 Å². The highest BCUT2D eigenvalue weighted by atomic mass is 32.2. The van der Waals surface area contributed by atoms with Gasteiger partial charge in [-0.05, 0) is 32.3 Å². The van der Waals surface area contributed by atoms with Crippen LogP contribution in [0.15, 0.2) is 40.9 Å². The lowest BCUT2D eigenvalue weighted by Gasteiger charge is -2.14. The predicted molar refractivity (Wildman–Crippen MR) is 105 cm³/mol. The Morgan fingerprint density at radius 2 is 2.04 bits per heavy atom. The van der Waals surface area contributed by atoms with Crippen molar-refractivity contribution in [3.63, 3.8) is 0 Å². The van der Waals surface area contributed by atoms with Crippen molar-refractivity contribution in [1.29, 1.82) is 0 Å². The number of carbonyl (C=O) groups is 1. The molecule has 1 fully saturated rings. The van der Waals surface area contributed by atoms with E-state index in [1.165, 1.54) is 0 Å². The minimum Gasteiger partial charge on any atom is -0.349 e. The van der Waals surface area contributed by atoms with Crippen LogP contribution in [-0.2, 0) is 10.8 Å². The van der Waals surface area contributed by atoms with Gasteiger partial charge in [0.05, 0.1) is 22.3 Å². The van der Waals surface area contributed by atoms with Crippen LogP contribution in [0.5, 0.6) is 0 Å². The number of pyridine rings is 1. The van der Waals surface area contributed by atoms with Crippen LogP contribution in [0.2, 0.25) is 0 Å². The molecule has 6 nitrogen and oxygen atoms in total. The molecular formula is C20H21N3O3S. The van der Waals surface area contributed by atoms with Crippen molar-refractivity contribution < 1.29 is 13.5 Å². The minimum atomic E-state index is -0.855. The molecule has 4 rings (SSSR count). The quantitative estimate of drug-likeness (QED) is 0.748. The molecule has 2 heterocycles. The highest BCUT2D eigenvalue weighted by Crippen LogP contribution is 2.28. The summed E-state index contributed by atoms with van der Waals surface area (Å²) in [5.41, 5.74) is 3.09. The highest BCUT2D eigenvalue weighted by molar-refractivity contribution is 7.84. The van der Waals surface area contributed by atoms with Gasteiger partial charge in [-0.3, -0.25) is 9.00 Å². The highest BCUT2D eigenvalue weighted by Gasteiger charge is 2.29. The van der Waals surface area contributed by atoms with Crippen LogP contribution in [0.3, 0.4) is 0 Å². The number of aromatic nitrogens is 2. The summed E-state index contributed by atoms with van der Waals surface area (Å²) in [6.07, 6.45) is 4.20. The van der Waals surface area contributed by atoms with Gasteiger partial charge in [0.1, 0.15) is 0 Å². The van der Waals surface area contributed by atoms with Gasteiger partial charge < -0.3 is 9.84 Å². The molecule has 3 atom stereocenters. The Morgan fingerprint density at radius 3 is 2.74 bits per heavy atom. The molecule has 0 saturated heterocycles. The zero-order valence-electron chi connectivity index (χ0n) is 15.3. The van der Waals surface area contributed by atoms with Crippen molar-refractivity contribution in [2.45, 2.75) is 37.5 Å². The molecule has 3 aromatic rings. The van der Waals surface area contributed by atoms with E-state index in [1.807, 2.05) is 30.3 Å². The van der Waals surface area contributed by atoms with Crippen molar-refractivity contribution in [2.24, 2.45) is 0 Å². The second kappa shape index (κ2) is 7.23. The molecule has 27 heavy (non-hydrogen) atoms. The molecule has 0 aliphatic heterocycles. The monoisotopic (exact) mass is 383 g/mol. The van der Waals surface area contributed by atoms with E-state index >= 15 is 0 Å². The normalized spacial score (nSPS) is 20.7. The zero-order valence-corrected chi connectivity index (χ0v) is 16.1. The summed E-state index contributed by atoms with van der Waals surface area (Å²) in [6.45, 7) is 1.80. The van der Waals surface area contributed by atoms with Crippen molar-refractivity contribution in [3.8, 4) is 11.3 Å². The molecule has 140 valence electrons. The van der Waals surface area contributed by atoms with Gasteiger partial charge in [-0.1, -0.05) is 35.5 Å². The first-order valence-corrected chi connectivity index (χ1v) is 10.6. The van der Waals surface area contributed by atoms with Crippen LogP contribution in [0.25, 0.3) is 22.4 Å². The third-order valence-corrected chi connectivity index (χ3v) is 6.49. The van der Waals surface area contributed by atoms with E-state index in [2.05, 4.69) is 15.5 Å². The predicted octanol–water partition coefficient (Wildman–Crippen LogP) is 3.23. The van der Waals surface area contributed by atoms with Gasteiger partial charge in [0, 0.05) is 33.9 Å². The maximum atomic E-state index is 13.0. The van der Waals surface area contributed by atoms with Gasteiger partial charge in [0.25, 0.3) is 11.6 Å². The Bertz CT molecular complexity index is 1020. The van der Waals surface area contributed by atoms with Gasteiger partial charge in [-0.15, -0.1) is 0 Å². The molecule has 0 bridgehead atoms. The molecule has 0 spiro atoms. The van der Waals surface area contributed by atoms with Crippen LogP contribution in [0.4, 0.5) is 0 Å². The number of hydrogen-bond acceptors (Lipinski definition) is 5. The maximum Gasteiger partial charge on any atom is 0.259 e. The number of nitrogens with zero attached hydrogens (tertiary/aromatic N) is 2. The van der Waals surface area contributed by atoms with Crippen LogP contribution in [0, 0.1) is 6.92 Å². The number of nitrogens with one attached hydrogen (secondary N) is 1. The Labute approximate surface area is 159 Å². The second-order valence-corrected chi connectivity index (χ2v) is 8.64. The number of hydrogen-bond donors (Lipinski definition) is 1. The standard InChI is InChI=1S/C20H21N3O3S/c1-12-18-16(19(24)21-14-8-9-15(10-14)27(2)25)11-17(22-20(18)26-23-12)13-6-4-3-5-7-13/h3-7,11,14-15H,8-10H2,1-2H3,(H,21,24). The fourth-order valence-electron chi connectivity index (χ4n) is 3.67. The molecule has 0 radical (unpaired) electrons. The molecule has 1 N–H and O–H groups in total. The molecule has 1 saturated carbocycles. The van der Waals surface area contributed by atoms with E-state index in [0.29, 0.717) is 28.1 Å². The number of fused-ring (bicyclic) bond motifs is 1. The van der Waals surface area contributed by atoms with Gasteiger partial charge in [-0.2, -0.15) is 0 Å². The summed E-state index contributed by atoms with van der Waals surface area (Å²) < 4.78 is 17.0. The van der Waals surface area contributed by atoms with E-state index in [1.54, 1.807) is 19.2 Å². The molecule has 1 aliphatic rings. The largest absolute Gasteiger partial charge is 0.349 e. The molecule has 1 amide bonds. The molecule has 3 unspecified atom stereocenters. The lowest BCUT2D eigenvalue weighted by Crippen LogP contribution is -2.33. The van der Waals surface area contributed by atoms with Crippen molar-refractivity contribution in [1.82, 2.24) is 15.5 Å². The van der Waals surface area contributed by atoms with Crippen LogP contribution in [-0.4, -0.2) is 37.8 Å². The third kappa shape index (κ3) is 3.51. The van der Waals surface area contributed by atoms with Gasteiger partial charge in [-0.25, -0.2) is 4.98 Å². The average Bonchev–Trinajstić information content (AvgIpc) is 3.29. The summed E-state index contributed by atoms with van der Waals surface area (Å²) >= 11 is 0. The number of benzene rings is 1. The Balaban J connectivity index is 1.68. The van der Waals surface area contributed by atoms with Crippen molar-refractivity contribution >= 4 is 27.8 Å². The van der Waals surface area contributed by atoms with Crippen LogP contribution < -0.4 is 5.32 Å². The first-order valence-electron chi connectivity index (χ1n) is 8.98. The maximum absolute atomic E-state index is 13.0. The molecule has 1 aliphatic carbocycles. The third-order valence-electron chi connectivity index (χ3n) is 5.12. The molecule has 1 aromatic carbocycles.